The smallest absolute Gasteiger partial charge is 0.0793 e. The van der Waals surface area contributed by atoms with E-state index in [1.54, 1.807) is 0 Å². The molecule has 2 rings (SSSR count). The van der Waals surface area contributed by atoms with Crippen molar-refractivity contribution >= 4 is 0 Å². The third-order valence-electron chi connectivity index (χ3n) is 4.82. The Hall–Kier alpha value is -0.200. The summed E-state index contributed by atoms with van der Waals surface area (Å²) < 4.78 is 5.35. The lowest BCUT2D eigenvalue weighted by molar-refractivity contribution is 0.00825. The number of likely N-dealkylation sites (tertiary alicyclic amines) is 1. The van der Waals surface area contributed by atoms with Gasteiger partial charge in [0.05, 0.1) is 19.3 Å². The SMILES string of the molecule is CCN(CC)CC1CCN(CC(O)CN2CCOCC2)C1. The van der Waals surface area contributed by atoms with Crippen LogP contribution in [-0.2, 0) is 4.74 Å². The van der Waals surface area contributed by atoms with Crippen molar-refractivity contribution in [3.63, 3.8) is 0 Å². The molecule has 0 aromatic carbocycles. The topological polar surface area (TPSA) is 39.2 Å². The maximum Gasteiger partial charge on any atom is 0.0793 e. The van der Waals surface area contributed by atoms with E-state index in [1.165, 1.54) is 13.0 Å². The summed E-state index contributed by atoms with van der Waals surface area (Å²) in [7, 11) is 0. The first-order chi connectivity index (χ1) is 10.2. The van der Waals surface area contributed by atoms with E-state index in [1.807, 2.05) is 0 Å². The van der Waals surface area contributed by atoms with E-state index < -0.39 is 0 Å². The molecule has 0 spiro atoms. The average Bonchev–Trinajstić information content (AvgIpc) is 2.92. The number of hydrogen-bond donors (Lipinski definition) is 1. The highest BCUT2D eigenvalue weighted by molar-refractivity contribution is 4.80. The monoisotopic (exact) mass is 299 g/mol. The second-order valence-corrected chi connectivity index (χ2v) is 6.47. The fraction of sp³-hybridized carbons (Fsp3) is 1.00. The van der Waals surface area contributed by atoms with Gasteiger partial charge in [0.15, 0.2) is 0 Å². The van der Waals surface area contributed by atoms with Crippen LogP contribution in [0.15, 0.2) is 0 Å². The normalized spacial score (nSPS) is 26.6. The first-order valence-corrected chi connectivity index (χ1v) is 8.64. The van der Waals surface area contributed by atoms with Crippen molar-refractivity contribution in [3.05, 3.63) is 0 Å². The van der Waals surface area contributed by atoms with Gasteiger partial charge in [0.2, 0.25) is 0 Å². The molecule has 2 heterocycles. The summed E-state index contributed by atoms with van der Waals surface area (Å²) in [6, 6.07) is 0. The molecule has 0 aromatic heterocycles. The van der Waals surface area contributed by atoms with Crippen molar-refractivity contribution in [1.29, 1.82) is 0 Å². The number of rotatable bonds is 8. The van der Waals surface area contributed by atoms with E-state index in [0.29, 0.717) is 0 Å². The second kappa shape index (κ2) is 9.06. The van der Waals surface area contributed by atoms with Gasteiger partial charge in [-0.1, -0.05) is 13.8 Å². The van der Waals surface area contributed by atoms with Crippen LogP contribution in [0.5, 0.6) is 0 Å². The van der Waals surface area contributed by atoms with E-state index in [0.717, 1.165) is 71.5 Å². The Morgan fingerprint density at radius 3 is 2.43 bits per heavy atom. The van der Waals surface area contributed by atoms with Crippen molar-refractivity contribution in [2.24, 2.45) is 5.92 Å². The predicted molar refractivity (Wildman–Crippen MR) is 85.6 cm³/mol. The highest BCUT2D eigenvalue weighted by atomic mass is 16.5. The van der Waals surface area contributed by atoms with Crippen LogP contribution in [0.1, 0.15) is 20.3 Å². The molecule has 2 aliphatic rings. The van der Waals surface area contributed by atoms with Crippen molar-refractivity contribution in [2.75, 3.05) is 72.1 Å². The summed E-state index contributed by atoms with van der Waals surface area (Å²) >= 11 is 0. The molecule has 0 radical (unpaired) electrons. The molecule has 21 heavy (non-hydrogen) atoms. The molecule has 2 aliphatic heterocycles. The Labute approximate surface area is 129 Å². The van der Waals surface area contributed by atoms with Crippen LogP contribution >= 0.6 is 0 Å². The maximum absolute atomic E-state index is 10.3. The second-order valence-electron chi connectivity index (χ2n) is 6.47. The van der Waals surface area contributed by atoms with Crippen LogP contribution in [0, 0.1) is 5.92 Å². The van der Waals surface area contributed by atoms with Crippen LogP contribution in [0.4, 0.5) is 0 Å². The molecule has 2 unspecified atom stereocenters. The summed E-state index contributed by atoms with van der Waals surface area (Å²) in [6.45, 7) is 15.4. The van der Waals surface area contributed by atoms with Gasteiger partial charge in [-0.3, -0.25) is 4.90 Å². The van der Waals surface area contributed by atoms with Gasteiger partial charge >= 0.3 is 0 Å². The number of β-amino-alcohol motifs (C(OH)–C–C–N with tert-alkyl or cyclic N) is 1. The fourth-order valence-electron chi connectivity index (χ4n) is 3.51. The van der Waals surface area contributed by atoms with Crippen LogP contribution < -0.4 is 0 Å². The van der Waals surface area contributed by atoms with Crippen molar-refractivity contribution in [1.82, 2.24) is 14.7 Å². The molecular weight excluding hydrogens is 266 g/mol. The fourth-order valence-corrected chi connectivity index (χ4v) is 3.51. The van der Waals surface area contributed by atoms with Gasteiger partial charge in [-0.05, 0) is 32.0 Å². The van der Waals surface area contributed by atoms with Gasteiger partial charge in [0, 0.05) is 39.3 Å². The van der Waals surface area contributed by atoms with E-state index in [9.17, 15) is 5.11 Å². The largest absolute Gasteiger partial charge is 0.390 e. The third kappa shape index (κ3) is 5.83. The van der Waals surface area contributed by atoms with E-state index in [-0.39, 0.29) is 6.10 Å². The van der Waals surface area contributed by atoms with E-state index in [4.69, 9.17) is 4.74 Å². The Kier molecular flexibility index (Phi) is 7.40. The zero-order chi connectivity index (χ0) is 15.1. The van der Waals surface area contributed by atoms with Crippen LogP contribution in [0.25, 0.3) is 0 Å². The van der Waals surface area contributed by atoms with Gasteiger partial charge < -0.3 is 19.6 Å². The first-order valence-electron chi connectivity index (χ1n) is 8.64. The summed E-state index contributed by atoms with van der Waals surface area (Å²) in [5.41, 5.74) is 0. The molecule has 2 fully saturated rings. The van der Waals surface area contributed by atoms with Crippen molar-refractivity contribution in [3.8, 4) is 0 Å². The summed E-state index contributed by atoms with van der Waals surface area (Å²) in [5.74, 6) is 0.778. The minimum atomic E-state index is -0.227. The summed E-state index contributed by atoms with van der Waals surface area (Å²) in [5, 5.41) is 10.3. The Bertz CT molecular complexity index is 281. The highest BCUT2D eigenvalue weighted by Crippen LogP contribution is 2.17. The molecule has 0 saturated carbocycles. The lowest BCUT2D eigenvalue weighted by Crippen LogP contribution is -2.44. The molecule has 0 amide bonds. The average molecular weight is 299 g/mol. The molecule has 2 atom stereocenters. The number of aliphatic hydroxyl groups excluding tert-OH is 1. The third-order valence-corrected chi connectivity index (χ3v) is 4.82. The zero-order valence-electron chi connectivity index (χ0n) is 13.8. The molecular formula is C16H33N3O2. The molecule has 2 saturated heterocycles. The van der Waals surface area contributed by atoms with Crippen LogP contribution in [-0.4, -0.2) is 98.0 Å². The van der Waals surface area contributed by atoms with E-state index >= 15 is 0 Å². The van der Waals surface area contributed by atoms with Gasteiger partial charge in [-0.25, -0.2) is 0 Å². The molecule has 0 aliphatic carbocycles. The minimum absolute atomic E-state index is 0.227. The number of aliphatic hydroxyl groups is 1. The molecule has 5 nitrogen and oxygen atoms in total. The highest BCUT2D eigenvalue weighted by Gasteiger charge is 2.26. The van der Waals surface area contributed by atoms with Crippen molar-refractivity contribution < 1.29 is 9.84 Å². The Balaban J connectivity index is 1.64. The summed E-state index contributed by atoms with van der Waals surface area (Å²) in [4.78, 5) is 7.27. The molecule has 0 bridgehead atoms. The van der Waals surface area contributed by atoms with E-state index in [2.05, 4.69) is 28.5 Å². The van der Waals surface area contributed by atoms with Gasteiger partial charge in [0.25, 0.3) is 0 Å². The van der Waals surface area contributed by atoms with Gasteiger partial charge in [0.1, 0.15) is 0 Å². The number of nitrogens with zero attached hydrogens (tertiary/aromatic N) is 3. The maximum atomic E-state index is 10.3. The van der Waals surface area contributed by atoms with Crippen LogP contribution in [0.3, 0.4) is 0 Å². The van der Waals surface area contributed by atoms with Crippen molar-refractivity contribution in [2.45, 2.75) is 26.4 Å². The molecule has 1 N–H and O–H groups in total. The number of hydrogen-bond acceptors (Lipinski definition) is 5. The lowest BCUT2D eigenvalue weighted by atomic mass is 10.1. The van der Waals surface area contributed by atoms with Crippen LogP contribution in [0.2, 0.25) is 0 Å². The van der Waals surface area contributed by atoms with Gasteiger partial charge in [-0.2, -0.15) is 0 Å². The Morgan fingerprint density at radius 2 is 1.76 bits per heavy atom. The summed E-state index contributed by atoms with van der Waals surface area (Å²) in [6.07, 6.45) is 1.05. The van der Waals surface area contributed by atoms with Gasteiger partial charge in [-0.15, -0.1) is 0 Å². The number of ether oxygens (including phenoxy) is 1. The first kappa shape index (κ1) is 17.2. The lowest BCUT2D eigenvalue weighted by Gasteiger charge is -2.30. The quantitative estimate of drug-likeness (QED) is 0.700. The zero-order valence-corrected chi connectivity index (χ0v) is 13.8. The molecule has 5 heteroatoms. The Morgan fingerprint density at radius 1 is 1.10 bits per heavy atom. The minimum Gasteiger partial charge on any atom is -0.390 e. The number of morpholine rings is 1. The molecule has 0 aromatic rings. The molecule has 124 valence electrons. The standard InChI is InChI=1S/C16H33N3O2/c1-3-17(4-2)11-15-5-6-19(12-15)14-16(20)13-18-7-9-21-10-8-18/h15-16,20H,3-14H2,1-2H3. The predicted octanol–water partition coefficient (Wildman–Crippen LogP) is 0.343.